The van der Waals surface area contributed by atoms with Gasteiger partial charge in [0.05, 0.1) is 31.0 Å². The minimum absolute atomic E-state index is 0.0524. The quantitative estimate of drug-likeness (QED) is 0.800. The molecule has 0 aliphatic heterocycles. The van der Waals surface area contributed by atoms with E-state index in [9.17, 15) is 4.79 Å². The largest absolute Gasteiger partial charge is 0.371 e. The molecular weight excluding hydrogens is 340 g/mol. The van der Waals surface area contributed by atoms with Crippen molar-refractivity contribution in [1.82, 2.24) is 15.1 Å². The third kappa shape index (κ3) is 4.50. The molecule has 27 heavy (non-hydrogen) atoms. The minimum Gasteiger partial charge on any atom is -0.371 e. The molecule has 2 amide bonds. The summed E-state index contributed by atoms with van der Waals surface area (Å²) in [7, 11) is 0. The lowest BCUT2D eigenvalue weighted by molar-refractivity contribution is 0.0305. The van der Waals surface area contributed by atoms with Crippen molar-refractivity contribution < 1.29 is 9.53 Å². The molecule has 0 spiro atoms. The standard InChI is InChI=1S/C21H28N4O2/c26-21(24-20-13-14-22-25(20)17-9-4-5-10-17)23-18-11-6-12-19(18)27-15-16-7-2-1-3-8-16/h1-3,7-8,13-14,17-19H,4-6,9-12,15H2,(H2,23,24,26)/t18-,19-/m1/s1. The first kappa shape index (κ1) is 18.0. The first-order valence-corrected chi connectivity index (χ1v) is 10.1. The average Bonchev–Trinajstić information content (AvgIpc) is 3.43. The topological polar surface area (TPSA) is 68.2 Å². The molecule has 0 radical (unpaired) electrons. The van der Waals surface area contributed by atoms with Crippen LogP contribution in [0.5, 0.6) is 0 Å². The number of amides is 2. The molecule has 2 aliphatic carbocycles. The van der Waals surface area contributed by atoms with E-state index in [1.54, 1.807) is 6.20 Å². The maximum Gasteiger partial charge on any atom is 0.320 e. The van der Waals surface area contributed by atoms with E-state index in [0.29, 0.717) is 12.6 Å². The van der Waals surface area contributed by atoms with E-state index in [2.05, 4.69) is 27.9 Å². The van der Waals surface area contributed by atoms with Gasteiger partial charge in [0.2, 0.25) is 0 Å². The van der Waals surface area contributed by atoms with Gasteiger partial charge in [0, 0.05) is 6.07 Å². The molecule has 6 nitrogen and oxygen atoms in total. The molecule has 144 valence electrons. The van der Waals surface area contributed by atoms with Gasteiger partial charge in [-0.25, -0.2) is 9.48 Å². The van der Waals surface area contributed by atoms with Crippen LogP contribution in [-0.2, 0) is 11.3 Å². The molecule has 2 aliphatic rings. The summed E-state index contributed by atoms with van der Waals surface area (Å²) >= 11 is 0. The molecule has 4 rings (SSSR count). The predicted octanol–water partition coefficient (Wildman–Crippen LogP) is 4.26. The summed E-state index contributed by atoms with van der Waals surface area (Å²) < 4.78 is 8.05. The summed E-state index contributed by atoms with van der Waals surface area (Å²) in [5, 5.41) is 10.5. The van der Waals surface area contributed by atoms with Crippen molar-refractivity contribution in [1.29, 1.82) is 0 Å². The predicted molar refractivity (Wildman–Crippen MR) is 105 cm³/mol. The second-order valence-electron chi connectivity index (χ2n) is 7.57. The van der Waals surface area contributed by atoms with Crippen LogP contribution >= 0.6 is 0 Å². The van der Waals surface area contributed by atoms with Crippen molar-refractivity contribution in [2.75, 3.05) is 5.32 Å². The van der Waals surface area contributed by atoms with Gasteiger partial charge in [0.15, 0.2) is 0 Å². The Hall–Kier alpha value is -2.34. The summed E-state index contributed by atoms with van der Waals surface area (Å²) in [4.78, 5) is 12.5. The van der Waals surface area contributed by atoms with Crippen LogP contribution in [0.15, 0.2) is 42.6 Å². The van der Waals surface area contributed by atoms with E-state index < -0.39 is 0 Å². The molecule has 0 unspecified atom stereocenters. The molecule has 2 fully saturated rings. The highest BCUT2D eigenvalue weighted by atomic mass is 16.5. The van der Waals surface area contributed by atoms with Crippen molar-refractivity contribution in [2.24, 2.45) is 0 Å². The third-order valence-electron chi connectivity index (χ3n) is 5.66. The Morgan fingerprint density at radius 2 is 1.89 bits per heavy atom. The van der Waals surface area contributed by atoms with E-state index in [0.717, 1.165) is 43.5 Å². The second kappa shape index (κ2) is 8.57. The van der Waals surface area contributed by atoms with Gasteiger partial charge >= 0.3 is 6.03 Å². The first-order valence-electron chi connectivity index (χ1n) is 10.1. The zero-order valence-electron chi connectivity index (χ0n) is 15.6. The Morgan fingerprint density at radius 3 is 2.70 bits per heavy atom. The number of carbonyl (C=O) groups excluding carboxylic acids is 1. The van der Waals surface area contributed by atoms with Gasteiger partial charge in [-0.2, -0.15) is 5.10 Å². The molecule has 6 heteroatoms. The highest BCUT2D eigenvalue weighted by Gasteiger charge is 2.30. The number of hydrogen-bond acceptors (Lipinski definition) is 3. The van der Waals surface area contributed by atoms with Crippen LogP contribution in [0.2, 0.25) is 0 Å². The van der Waals surface area contributed by atoms with E-state index in [1.165, 1.54) is 12.8 Å². The summed E-state index contributed by atoms with van der Waals surface area (Å²) in [6.45, 7) is 0.583. The average molecular weight is 368 g/mol. The minimum atomic E-state index is -0.171. The Kier molecular flexibility index (Phi) is 5.72. The monoisotopic (exact) mass is 368 g/mol. The van der Waals surface area contributed by atoms with Crippen molar-refractivity contribution in [3.8, 4) is 0 Å². The third-order valence-corrected chi connectivity index (χ3v) is 5.66. The number of ether oxygens (including phenoxy) is 1. The fraction of sp³-hybridized carbons (Fsp3) is 0.524. The SMILES string of the molecule is O=C(Nc1ccnn1C1CCCC1)N[C@@H]1CCC[C@H]1OCc1ccccc1. The molecule has 2 N–H and O–H groups in total. The van der Waals surface area contributed by atoms with Gasteiger partial charge in [-0.05, 0) is 37.7 Å². The summed E-state index contributed by atoms with van der Waals surface area (Å²) in [6.07, 6.45) is 9.57. The fourth-order valence-corrected chi connectivity index (χ4v) is 4.24. The number of carbonyl (C=O) groups is 1. The lowest BCUT2D eigenvalue weighted by atomic mass is 10.2. The summed E-state index contributed by atoms with van der Waals surface area (Å²) in [5.74, 6) is 0.777. The molecular formula is C21H28N4O2. The van der Waals surface area contributed by atoms with E-state index in [4.69, 9.17) is 4.74 Å². The normalized spacial score (nSPS) is 22.8. The zero-order chi connectivity index (χ0) is 18.5. The summed E-state index contributed by atoms with van der Waals surface area (Å²) in [6, 6.07) is 12.3. The molecule has 1 aromatic heterocycles. The number of rotatable bonds is 6. The lowest BCUT2D eigenvalue weighted by Gasteiger charge is -2.22. The van der Waals surface area contributed by atoms with Crippen LogP contribution in [0, 0.1) is 0 Å². The van der Waals surface area contributed by atoms with Gasteiger partial charge in [-0.15, -0.1) is 0 Å². The van der Waals surface area contributed by atoms with Crippen molar-refractivity contribution >= 4 is 11.8 Å². The van der Waals surface area contributed by atoms with Crippen molar-refractivity contribution in [3.05, 3.63) is 48.2 Å². The Morgan fingerprint density at radius 1 is 1.07 bits per heavy atom. The number of aromatic nitrogens is 2. The molecule has 2 atom stereocenters. The molecule has 0 bridgehead atoms. The van der Waals surface area contributed by atoms with Crippen LogP contribution in [0.3, 0.4) is 0 Å². The van der Waals surface area contributed by atoms with Gasteiger partial charge in [0.25, 0.3) is 0 Å². The number of benzene rings is 1. The van der Waals surface area contributed by atoms with Crippen molar-refractivity contribution in [2.45, 2.75) is 69.7 Å². The number of anilines is 1. The molecule has 0 saturated heterocycles. The number of nitrogens with zero attached hydrogens (tertiary/aromatic N) is 2. The smallest absolute Gasteiger partial charge is 0.320 e. The Balaban J connectivity index is 1.30. The highest BCUT2D eigenvalue weighted by molar-refractivity contribution is 5.88. The van der Waals surface area contributed by atoms with Crippen LogP contribution < -0.4 is 10.6 Å². The van der Waals surface area contributed by atoms with Crippen LogP contribution in [0.1, 0.15) is 56.6 Å². The maximum absolute atomic E-state index is 12.5. The van der Waals surface area contributed by atoms with Crippen molar-refractivity contribution in [3.63, 3.8) is 0 Å². The van der Waals surface area contributed by atoms with Gasteiger partial charge < -0.3 is 10.1 Å². The van der Waals surface area contributed by atoms with Gasteiger partial charge in [-0.3, -0.25) is 5.32 Å². The van der Waals surface area contributed by atoms with Crippen LogP contribution in [0.25, 0.3) is 0 Å². The highest BCUT2D eigenvalue weighted by Crippen LogP contribution is 2.31. The van der Waals surface area contributed by atoms with Crippen LogP contribution in [-0.4, -0.2) is 28.0 Å². The number of urea groups is 1. The van der Waals surface area contributed by atoms with Gasteiger partial charge in [0.1, 0.15) is 5.82 Å². The maximum atomic E-state index is 12.5. The number of hydrogen-bond donors (Lipinski definition) is 2. The van der Waals surface area contributed by atoms with E-state index >= 15 is 0 Å². The Bertz CT molecular complexity index is 740. The Labute approximate surface area is 160 Å². The van der Waals surface area contributed by atoms with Crippen LogP contribution in [0.4, 0.5) is 10.6 Å². The van der Waals surface area contributed by atoms with E-state index in [-0.39, 0.29) is 18.2 Å². The number of nitrogens with one attached hydrogen (secondary N) is 2. The molecule has 1 aromatic carbocycles. The molecule has 2 aromatic rings. The zero-order valence-corrected chi connectivity index (χ0v) is 15.6. The second-order valence-corrected chi connectivity index (χ2v) is 7.57. The lowest BCUT2D eigenvalue weighted by Crippen LogP contribution is -2.43. The van der Waals surface area contributed by atoms with Gasteiger partial charge in [-0.1, -0.05) is 43.2 Å². The van der Waals surface area contributed by atoms with E-state index in [1.807, 2.05) is 28.9 Å². The molecule has 2 saturated carbocycles. The summed E-state index contributed by atoms with van der Waals surface area (Å²) in [5.41, 5.74) is 1.16. The first-order chi connectivity index (χ1) is 13.3. The molecule has 1 heterocycles. The fourth-order valence-electron chi connectivity index (χ4n) is 4.24.